The molecule has 1 atom stereocenters. The second-order valence-corrected chi connectivity index (χ2v) is 9.22. The number of amides is 1. The predicted octanol–water partition coefficient (Wildman–Crippen LogP) is 5.34. The van der Waals surface area contributed by atoms with E-state index in [0.717, 1.165) is 51.1 Å². The maximum Gasteiger partial charge on any atom is 0.229 e. The third-order valence-electron chi connectivity index (χ3n) is 6.57. The molecule has 3 heterocycles. The van der Waals surface area contributed by atoms with Gasteiger partial charge in [0.1, 0.15) is 23.6 Å². The zero-order chi connectivity index (χ0) is 25.4. The van der Waals surface area contributed by atoms with Crippen LogP contribution in [0.2, 0.25) is 0 Å². The molecule has 9 nitrogen and oxygen atoms in total. The number of imidazole rings is 1. The number of hydrogen-bond acceptors (Lipinski definition) is 7. The second-order valence-electron chi connectivity index (χ2n) is 9.22. The number of fused-ring (bicyclic) bond motifs is 2. The molecule has 37 heavy (non-hydrogen) atoms. The molecule has 1 fully saturated rings. The Morgan fingerprint density at radius 1 is 1.03 bits per heavy atom. The number of ether oxygens (including phenoxy) is 2. The summed E-state index contributed by atoms with van der Waals surface area (Å²) in [6, 6.07) is 17.4. The lowest BCUT2D eigenvalue weighted by Gasteiger charge is -2.14. The SMILES string of the molecule is Cc1cc(Nc2ncnc3ccc(NC(=O)C4CCOC4)cc23)ccc1Oc1ccc2c(c1)ncn2C. The van der Waals surface area contributed by atoms with Gasteiger partial charge in [-0.2, -0.15) is 0 Å². The van der Waals surface area contributed by atoms with E-state index in [9.17, 15) is 4.79 Å². The number of aryl methyl sites for hydroxylation is 2. The Balaban J connectivity index is 1.21. The Morgan fingerprint density at radius 3 is 2.76 bits per heavy atom. The molecule has 1 unspecified atom stereocenters. The third-order valence-corrected chi connectivity index (χ3v) is 6.57. The highest BCUT2D eigenvalue weighted by molar-refractivity contribution is 5.98. The van der Waals surface area contributed by atoms with Crippen molar-refractivity contribution in [3.8, 4) is 11.5 Å². The standard InChI is InChI=1S/C28H26N6O3/c1-17-11-19(4-8-26(17)37-21-5-7-25-24(13-21)31-16-34(25)2)32-27-22-12-20(3-6-23(22)29-15-30-27)33-28(35)18-9-10-36-14-18/h3-8,11-13,15-16,18H,9-10,14H2,1-2H3,(H,33,35)(H,29,30,32). The van der Waals surface area contributed by atoms with Crippen molar-refractivity contribution in [2.75, 3.05) is 23.8 Å². The number of hydrogen-bond donors (Lipinski definition) is 2. The van der Waals surface area contributed by atoms with Crippen LogP contribution >= 0.6 is 0 Å². The highest BCUT2D eigenvalue weighted by atomic mass is 16.5. The van der Waals surface area contributed by atoms with Gasteiger partial charge in [0.15, 0.2) is 0 Å². The van der Waals surface area contributed by atoms with Crippen LogP contribution < -0.4 is 15.4 Å². The first kappa shape index (κ1) is 22.9. The molecule has 6 rings (SSSR count). The van der Waals surface area contributed by atoms with Crippen molar-refractivity contribution in [3.63, 3.8) is 0 Å². The Kier molecular flexibility index (Phi) is 5.90. The summed E-state index contributed by atoms with van der Waals surface area (Å²) in [4.78, 5) is 25.8. The van der Waals surface area contributed by atoms with Gasteiger partial charge in [-0.3, -0.25) is 4.79 Å². The van der Waals surface area contributed by atoms with E-state index in [1.807, 2.05) is 73.1 Å². The van der Waals surface area contributed by atoms with E-state index in [0.29, 0.717) is 24.7 Å². The number of anilines is 3. The minimum atomic E-state index is -0.116. The maximum atomic E-state index is 12.5. The molecule has 0 spiro atoms. The van der Waals surface area contributed by atoms with Crippen LogP contribution in [0.15, 0.2) is 67.3 Å². The molecule has 1 amide bonds. The van der Waals surface area contributed by atoms with Crippen molar-refractivity contribution in [1.82, 2.24) is 19.5 Å². The summed E-state index contributed by atoms with van der Waals surface area (Å²) in [5.41, 5.74) is 5.25. The minimum Gasteiger partial charge on any atom is -0.457 e. The zero-order valence-corrected chi connectivity index (χ0v) is 20.6. The molecule has 0 saturated carbocycles. The summed E-state index contributed by atoms with van der Waals surface area (Å²) in [6.07, 6.45) is 4.06. The van der Waals surface area contributed by atoms with Gasteiger partial charge in [-0.25, -0.2) is 15.0 Å². The van der Waals surface area contributed by atoms with Crippen LogP contribution in [0.1, 0.15) is 12.0 Å². The van der Waals surface area contributed by atoms with Crippen LogP contribution in [0.5, 0.6) is 11.5 Å². The molecule has 9 heteroatoms. The molecule has 1 saturated heterocycles. The highest BCUT2D eigenvalue weighted by Crippen LogP contribution is 2.31. The Bertz CT molecular complexity index is 1620. The molecule has 0 radical (unpaired) electrons. The highest BCUT2D eigenvalue weighted by Gasteiger charge is 2.23. The monoisotopic (exact) mass is 494 g/mol. The van der Waals surface area contributed by atoms with Gasteiger partial charge in [-0.1, -0.05) is 0 Å². The van der Waals surface area contributed by atoms with Crippen LogP contribution in [0, 0.1) is 12.8 Å². The average molecular weight is 495 g/mol. The normalized spacial score (nSPS) is 15.2. The molecule has 2 aromatic heterocycles. The largest absolute Gasteiger partial charge is 0.457 e. The van der Waals surface area contributed by atoms with Gasteiger partial charge >= 0.3 is 0 Å². The Hall–Kier alpha value is -4.50. The number of nitrogens with one attached hydrogen (secondary N) is 2. The fourth-order valence-corrected chi connectivity index (χ4v) is 4.50. The smallest absolute Gasteiger partial charge is 0.229 e. The average Bonchev–Trinajstić information content (AvgIpc) is 3.57. The van der Waals surface area contributed by atoms with E-state index in [4.69, 9.17) is 9.47 Å². The molecule has 186 valence electrons. The number of rotatable bonds is 6. The van der Waals surface area contributed by atoms with Crippen molar-refractivity contribution in [3.05, 3.63) is 72.8 Å². The van der Waals surface area contributed by atoms with Gasteiger partial charge in [0.25, 0.3) is 0 Å². The molecular formula is C28H26N6O3. The predicted molar refractivity (Wildman–Crippen MR) is 142 cm³/mol. The number of benzene rings is 3. The van der Waals surface area contributed by atoms with Crippen molar-refractivity contribution < 1.29 is 14.3 Å². The molecule has 5 aromatic rings. The summed E-state index contributed by atoms with van der Waals surface area (Å²) in [7, 11) is 1.97. The fraction of sp³-hybridized carbons (Fsp3) is 0.214. The van der Waals surface area contributed by atoms with Gasteiger partial charge in [0.05, 0.1) is 35.4 Å². The van der Waals surface area contributed by atoms with E-state index < -0.39 is 0 Å². The molecule has 0 bridgehead atoms. The lowest BCUT2D eigenvalue weighted by molar-refractivity contribution is -0.119. The zero-order valence-electron chi connectivity index (χ0n) is 20.6. The van der Waals surface area contributed by atoms with Gasteiger partial charge < -0.3 is 24.7 Å². The quantitative estimate of drug-likeness (QED) is 0.329. The van der Waals surface area contributed by atoms with Crippen LogP contribution in [0.3, 0.4) is 0 Å². The number of carbonyl (C=O) groups is 1. The molecule has 1 aliphatic heterocycles. The topological polar surface area (TPSA) is 103 Å². The number of nitrogens with zero attached hydrogens (tertiary/aromatic N) is 4. The summed E-state index contributed by atoms with van der Waals surface area (Å²) in [5.74, 6) is 2.00. The lowest BCUT2D eigenvalue weighted by Crippen LogP contribution is -2.22. The van der Waals surface area contributed by atoms with Crippen molar-refractivity contribution in [2.45, 2.75) is 13.3 Å². The molecule has 2 N–H and O–H groups in total. The first-order valence-corrected chi connectivity index (χ1v) is 12.1. The number of carbonyl (C=O) groups excluding carboxylic acids is 1. The first-order valence-electron chi connectivity index (χ1n) is 12.1. The second kappa shape index (κ2) is 9.51. The van der Waals surface area contributed by atoms with Crippen LogP contribution in [0.4, 0.5) is 17.2 Å². The summed E-state index contributed by atoms with van der Waals surface area (Å²) in [6.45, 7) is 3.09. The van der Waals surface area contributed by atoms with Crippen LogP contribution in [0.25, 0.3) is 21.9 Å². The van der Waals surface area contributed by atoms with Gasteiger partial charge in [0, 0.05) is 36.5 Å². The summed E-state index contributed by atoms with van der Waals surface area (Å²) in [5, 5.41) is 7.19. The minimum absolute atomic E-state index is 0.0309. The molecule has 1 aliphatic rings. The van der Waals surface area contributed by atoms with E-state index in [1.165, 1.54) is 6.33 Å². The van der Waals surface area contributed by atoms with E-state index in [2.05, 4.69) is 25.6 Å². The Morgan fingerprint density at radius 2 is 1.92 bits per heavy atom. The third kappa shape index (κ3) is 4.68. The van der Waals surface area contributed by atoms with Crippen LogP contribution in [-0.4, -0.2) is 38.6 Å². The summed E-state index contributed by atoms with van der Waals surface area (Å²) >= 11 is 0. The lowest BCUT2D eigenvalue weighted by atomic mass is 10.1. The maximum absolute atomic E-state index is 12.5. The van der Waals surface area contributed by atoms with E-state index in [1.54, 1.807) is 6.33 Å². The summed E-state index contributed by atoms with van der Waals surface area (Å²) < 4.78 is 13.5. The molecular weight excluding hydrogens is 468 g/mol. The molecule has 3 aromatic carbocycles. The van der Waals surface area contributed by atoms with Crippen molar-refractivity contribution in [1.29, 1.82) is 0 Å². The van der Waals surface area contributed by atoms with Crippen molar-refractivity contribution >= 4 is 45.0 Å². The fourth-order valence-electron chi connectivity index (χ4n) is 4.50. The van der Waals surface area contributed by atoms with Gasteiger partial charge in [-0.05, 0) is 67.4 Å². The molecule has 0 aliphatic carbocycles. The number of aromatic nitrogens is 4. The first-order chi connectivity index (χ1) is 18.0. The van der Waals surface area contributed by atoms with Gasteiger partial charge in [0.2, 0.25) is 5.91 Å². The van der Waals surface area contributed by atoms with E-state index in [-0.39, 0.29) is 11.8 Å². The van der Waals surface area contributed by atoms with Gasteiger partial charge in [-0.15, -0.1) is 0 Å². The van der Waals surface area contributed by atoms with Crippen molar-refractivity contribution in [2.24, 2.45) is 13.0 Å². The van der Waals surface area contributed by atoms with E-state index >= 15 is 0 Å². The Labute approximate surface area is 213 Å². The van der Waals surface area contributed by atoms with Crippen LogP contribution in [-0.2, 0) is 16.6 Å².